The Morgan fingerprint density at radius 3 is 3.23 bits per heavy atom. The molecule has 0 aromatic rings. The first kappa shape index (κ1) is 7.78. The fourth-order valence-corrected chi connectivity index (χ4v) is 4.10. The molecule has 2 saturated carbocycles. The number of rotatable bonds is 0. The molecular weight excluding hydrogens is 160 g/mol. The molecule has 3 unspecified atom stereocenters. The van der Waals surface area contributed by atoms with E-state index in [1.54, 1.807) is 0 Å². The largest absolute Gasteiger partial charge is 0.299 e. The van der Waals surface area contributed by atoms with Crippen molar-refractivity contribution in [3.8, 4) is 0 Å². The second-order valence-electron chi connectivity index (χ2n) is 5.08. The summed E-state index contributed by atoms with van der Waals surface area (Å²) in [7, 11) is 0. The van der Waals surface area contributed by atoms with Crippen LogP contribution in [0.2, 0.25) is 0 Å². The highest BCUT2D eigenvalue weighted by atomic mass is 16.1. The zero-order chi connectivity index (χ0) is 9.05. The molecule has 1 heteroatoms. The van der Waals surface area contributed by atoms with Crippen LogP contribution in [-0.2, 0) is 4.79 Å². The van der Waals surface area contributed by atoms with E-state index in [2.05, 4.69) is 13.0 Å². The van der Waals surface area contributed by atoms with Crippen LogP contribution in [0.4, 0.5) is 0 Å². The first-order valence-corrected chi connectivity index (χ1v) is 5.43. The van der Waals surface area contributed by atoms with Crippen molar-refractivity contribution < 1.29 is 4.79 Å². The second-order valence-corrected chi connectivity index (χ2v) is 5.08. The third-order valence-electron chi connectivity index (χ3n) is 4.61. The van der Waals surface area contributed by atoms with Gasteiger partial charge in [-0.05, 0) is 37.5 Å². The molecule has 3 aliphatic rings. The number of hydrogen-bond donors (Lipinski definition) is 0. The Hall–Kier alpha value is -0.590. The molecule has 3 atom stereocenters. The van der Waals surface area contributed by atoms with Gasteiger partial charge in [0.05, 0.1) is 0 Å². The van der Waals surface area contributed by atoms with Crippen LogP contribution >= 0.6 is 0 Å². The maximum Gasteiger partial charge on any atom is 0.140 e. The first-order chi connectivity index (χ1) is 6.24. The molecule has 0 aromatic carbocycles. The van der Waals surface area contributed by atoms with Gasteiger partial charge in [0.2, 0.25) is 0 Å². The Balaban J connectivity index is 2.07. The van der Waals surface area contributed by atoms with Gasteiger partial charge in [-0.2, -0.15) is 0 Å². The second kappa shape index (κ2) is 2.26. The summed E-state index contributed by atoms with van der Waals surface area (Å²) in [5, 5.41) is 0. The highest BCUT2D eigenvalue weighted by Crippen LogP contribution is 2.62. The molecule has 70 valence electrons. The fraction of sp³-hybridized carbons (Fsp3) is 0.750. The van der Waals surface area contributed by atoms with E-state index in [9.17, 15) is 4.79 Å². The van der Waals surface area contributed by atoms with Crippen LogP contribution < -0.4 is 0 Å². The van der Waals surface area contributed by atoms with E-state index < -0.39 is 0 Å². The number of allylic oxidation sites excluding steroid dienone is 2. The van der Waals surface area contributed by atoms with E-state index in [4.69, 9.17) is 0 Å². The minimum atomic E-state index is 0.333. The predicted octanol–water partition coefficient (Wildman–Crippen LogP) is 2.71. The van der Waals surface area contributed by atoms with E-state index in [1.807, 2.05) is 0 Å². The van der Waals surface area contributed by atoms with Crippen molar-refractivity contribution in [3.05, 3.63) is 11.6 Å². The predicted molar refractivity (Wildman–Crippen MR) is 51.3 cm³/mol. The van der Waals surface area contributed by atoms with Crippen LogP contribution in [0.25, 0.3) is 0 Å². The topological polar surface area (TPSA) is 17.1 Å². The van der Waals surface area contributed by atoms with Crippen molar-refractivity contribution in [1.29, 1.82) is 0 Å². The molecule has 0 bridgehead atoms. The van der Waals surface area contributed by atoms with Gasteiger partial charge in [-0.25, -0.2) is 0 Å². The van der Waals surface area contributed by atoms with Crippen LogP contribution in [0.1, 0.15) is 39.0 Å². The molecule has 13 heavy (non-hydrogen) atoms. The fourth-order valence-electron chi connectivity index (χ4n) is 4.10. The minimum Gasteiger partial charge on any atom is -0.299 e. The molecule has 0 aliphatic heterocycles. The minimum absolute atomic E-state index is 0.333. The number of hydrogen-bond acceptors (Lipinski definition) is 1. The van der Waals surface area contributed by atoms with Gasteiger partial charge in [-0.1, -0.05) is 18.1 Å². The monoisotopic (exact) mass is 176 g/mol. The maximum absolute atomic E-state index is 11.8. The molecule has 0 radical (unpaired) electrons. The Labute approximate surface area is 79.2 Å². The summed E-state index contributed by atoms with van der Waals surface area (Å²) in [5.41, 5.74) is 1.79. The van der Waals surface area contributed by atoms with Crippen molar-refractivity contribution in [2.24, 2.45) is 17.3 Å². The quantitative estimate of drug-likeness (QED) is 0.519. The van der Waals surface area contributed by atoms with Gasteiger partial charge in [0.25, 0.3) is 0 Å². The molecule has 3 rings (SSSR count). The smallest absolute Gasteiger partial charge is 0.140 e. The van der Waals surface area contributed by atoms with E-state index in [1.165, 1.54) is 31.3 Å². The van der Waals surface area contributed by atoms with Crippen LogP contribution in [0.3, 0.4) is 0 Å². The lowest BCUT2D eigenvalue weighted by atomic mass is 9.74. The van der Waals surface area contributed by atoms with Gasteiger partial charge in [-0.15, -0.1) is 0 Å². The lowest BCUT2D eigenvalue weighted by Gasteiger charge is -2.29. The Morgan fingerprint density at radius 1 is 1.54 bits per heavy atom. The van der Waals surface area contributed by atoms with Crippen molar-refractivity contribution >= 4 is 5.78 Å². The van der Waals surface area contributed by atoms with E-state index in [0.717, 1.165) is 12.3 Å². The molecular formula is C12H16O. The van der Waals surface area contributed by atoms with E-state index >= 15 is 0 Å². The van der Waals surface area contributed by atoms with Crippen molar-refractivity contribution in [2.75, 3.05) is 0 Å². The average Bonchev–Trinajstić information content (AvgIpc) is 2.65. The normalized spacial score (nSPS) is 47.8. The summed E-state index contributed by atoms with van der Waals surface area (Å²) in [6.45, 7) is 2.15. The molecule has 0 amide bonds. The van der Waals surface area contributed by atoms with E-state index in [-0.39, 0.29) is 0 Å². The molecule has 0 N–H and O–H groups in total. The molecule has 3 aliphatic carbocycles. The molecule has 1 nitrogen and oxygen atoms in total. The number of carbonyl (C=O) groups is 1. The van der Waals surface area contributed by atoms with Gasteiger partial charge in [-0.3, -0.25) is 4.79 Å². The Bertz CT molecular complexity index is 302. The van der Waals surface area contributed by atoms with Crippen LogP contribution in [-0.4, -0.2) is 5.78 Å². The molecule has 2 fully saturated rings. The standard InChI is InChI=1S/C12H16O/c1-8-4-6-12-5-2-3-9(12)7-10(13)11(8)12/h4,9,11H,2-3,5-7H2,1H3. The third-order valence-corrected chi connectivity index (χ3v) is 4.61. The first-order valence-electron chi connectivity index (χ1n) is 5.43. The molecule has 1 spiro atoms. The van der Waals surface area contributed by atoms with Gasteiger partial charge >= 0.3 is 0 Å². The molecule has 0 heterocycles. The lowest BCUT2D eigenvalue weighted by molar-refractivity contribution is -0.120. The van der Waals surface area contributed by atoms with Gasteiger partial charge < -0.3 is 0 Å². The maximum atomic E-state index is 11.8. The van der Waals surface area contributed by atoms with Crippen LogP contribution in [0, 0.1) is 17.3 Å². The summed E-state index contributed by atoms with van der Waals surface area (Å²) in [4.78, 5) is 11.8. The highest BCUT2D eigenvalue weighted by molar-refractivity contribution is 5.88. The van der Waals surface area contributed by atoms with Gasteiger partial charge in [0.1, 0.15) is 5.78 Å². The van der Waals surface area contributed by atoms with Gasteiger partial charge in [0, 0.05) is 12.3 Å². The number of ketones is 1. The summed E-state index contributed by atoms with van der Waals surface area (Å²) in [6.07, 6.45) is 8.37. The highest BCUT2D eigenvalue weighted by Gasteiger charge is 2.58. The molecule has 0 aromatic heterocycles. The lowest BCUT2D eigenvalue weighted by Crippen LogP contribution is -2.26. The van der Waals surface area contributed by atoms with Crippen molar-refractivity contribution in [3.63, 3.8) is 0 Å². The molecule has 0 saturated heterocycles. The Morgan fingerprint density at radius 2 is 2.38 bits per heavy atom. The number of carbonyl (C=O) groups excluding carboxylic acids is 1. The van der Waals surface area contributed by atoms with Crippen LogP contribution in [0.5, 0.6) is 0 Å². The third kappa shape index (κ3) is 0.762. The zero-order valence-electron chi connectivity index (χ0n) is 8.18. The summed E-state index contributed by atoms with van der Waals surface area (Å²) in [6, 6.07) is 0. The van der Waals surface area contributed by atoms with Gasteiger partial charge in [0.15, 0.2) is 0 Å². The zero-order valence-corrected chi connectivity index (χ0v) is 8.18. The average molecular weight is 176 g/mol. The summed E-state index contributed by atoms with van der Waals surface area (Å²) >= 11 is 0. The van der Waals surface area contributed by atoms with Crippen LogP contribution in [0.15, 0.2) is 11.6 Å². The summed E-state index contributed by atoms with van der Waals surface area (Å²) < 4.78 is 0. The van der Waals surface area contributed by atoms with Crippen molar-refractivity contribution in [1.82, 2.24) is 0 Å². The SMILES string of the molecule is CC1=CCC23CCCC2CC(=O)C13. The van der Waals surface area contributed by atoms with E-state index in [0.29, 0.717) is 17.1 Å². The number of Topliss-reactive ketones (excluding diaryl/α,β-unsaturated/α-hetero) is 1. The summed E-state index contributed by atoms with van der Waals surface area (Å²) in [5.74, 6) is 1.61. The van der Waals surface area contributed by atoms with Crippen molar-refractivity contribution in [2.45, 2.75) is 39.0 Å². The Kier molecular flexibility index (Phi) is 1.35.